The highest BCUT2D eigenvalue weighted by Crippen LogP contribution is 2.32. The number of aryl methyl sites for hydroxylation is 1. The van der Waals surface area contributed by atoms with E-state index in [1.165, 1.54) is 0 Å². The Morgan fingerprint density at radius 2 is 2.03 bits per heavy atom. The lowest BCUT2D eigenvalue weighted by Gasteiger charge is -2.17. The summed E-state index contributed by atoms with van der Waals surface area (Å²) in [6.45, 7) is 4.68. The van der Waals surface area contributed by atoms with Gasteiger partial charge in [0.1, 0.15) is 17.8 Å². The van der Waals surface area contributed by atoms with E-state index in [0.29, 0.717) is 47.2 Å². The summed E-state index contributed by atoms with van der Waals surface area (Å²) in [6, 6.07) is 13.2. The molecule has 180 valence electrons. The molecule has 0 radical (unpaired) electrons. The molecule has 4 aromatic heterocycles. The first-order valence-corrected chi connectivity index (χ1v) is 11.6. The maximum absolute atomic E-state index is 12.6. The van der Waals surface area contributed by atoms with Crippen molar-refractivity contribution in [1.29, 1.82) is 0 Å². The Kier molecular flexibility index (Phi) is 5.19. The van der Waals surface area contributed by atoms with Gasteiger partial charge in [0.15, 0.2) is 5.82 Å². The minimum Gasteiger partial charge on any atom is -0.389 e. The van der Waals surface area contributed by atoms with Crippen LogP contribution in [0.2, 0.25) is 0 Å². The molecule has 36 heavy (non-hydrogen) atoms. The maximum atomic E-state index is 12.6. The highest BCUT2D eigenvalue weighted by molar-refractivity contribution is 5.99. The number of carbonyl (C=O) groups is 1. The first kappa shape index (κ1) is 21.9. The van der Waals surface area contributed by atoms with Gasteiger partial charge in [0, 0.05) is 17.8 Å². The summed E-state index contributed by atoms with van der Waals surface area (Å²) in [6.07, 6.45) is 2.56. The predicted octanol–water partition coefficient (Wildman–Crippen LogP) is 2.92. The lowest BCUT2D eigenvalue weighted by Crippen LogP contribution is -2.35. The van der Waals surface area contributed by atoms with E-state index in [4.69, 9.17) is 4.98 Å². The molecular weight excluding hydrogens is 458 g/mol. The second kappa shape index (κ2) is 8.54. The van der Waals surface area contributed by atoms with Gasteiger partial charge in [-0.25, -0.2) is 9.97 Å². The summed E-state index contributed by atoms with van der Waals surface area (Å²) in [5, 5.41) is 29.1. The van der Waals surface area contributed by atoms with E-state index in [1.807, 2.05) is 54.0 Å². The number of benzene rings is 1. The van der Waals surface area contributed by atoms with Crippen LogP contribution in [0.5, 0.6) is 0 Å². The van der Waals surface area contributed by atoms with Crippen LogP contribution in [0.1, 0.15) is 34.8 Å². The zero-order valence-electron chi connectivity index (χ0n) is 19.7. The van der Waals surface area contributed by atoms with Crippen LogP contribution in [0.25, 0.3) is 28.1 Å². The topological polar surface area (TPSA) is 136 Å². The van der Waals surface area contributed by atoms with Crippen molar-refractivity contribution < 1.29 is 9.90 Å². The summed E-state index contributed by atoms with van der Waals surface area (Å²) in [5.74, 6) is 1.05. The molecule has 0 fully saturated rings. The van der Waals surface area contributed by atoms with Crippen molar-refractivity contribution in [2.24, 2.45) is 0 Å². The number of aliphatic hydroxyl groups is 1. The fourth-order valence-corrected chi connectivity index (χ4v) is 4.36. The number of hydrogen-bond donors (Lipinski definition) is 3. The van der Waals surface area contributed by atoms with Gasteiger partial charge in [-0.1, -0.05) is 6.07 Å². The van der Waals surface area contributed by atoms with Crippen molar-refractivity contribution >= 4 is 28.4 Å². The quantitative estimate of drug-likeness (QED) is 0.349. The number of nitrogens with one attached hydrogen (secondary N) is 2. The molecule has 1 amide bonds. The molecule has 0 bridgehead atoms. The number of aromatic nitrogens is 7. The molecule has 5 aromatic rings. The second-order valence-corrected chi connectivity index (χ2v) is 8.67. The Morgan fingerprint density at radius 1 is 1.14 bits per heavy atom. The number of hydrogen-bond acceptors (Lipinski definition) is 8. The monoisotopic (exact) mass is 481 g/mol. The minimum absolute atomic E-state index is 0.205. The molecule has 1 aliphatic heterocycles. The summed E-state index contributed by atoms with van der Waals surface area (Å²) < 4.78 is 3.55. The molecule has 3 N–H and O–H groups in total. The molecule has 1 atom stereocenters. The normalized spacial score (nSPS) is 13.9. The molecule has 1 unspecified atom stereocenters. The molecule has 6 rings (SSSR count). The summed E-state index contributed by atoms with van der Waals surface area (Å²) >= 11 is 0. The lowest BCUT2D eigenvalue weighted by molar-refractivity contribution is 0.0925. The molecule has 1 aromatic carbocycles. The number of imidazole rings is 1. The first-order chi connectivity index (χ1) is 17.5. The Hall–Kier alpha value is -4.64. The van der Waals surface area contributed by atoms with Crippen LogP contribution in [0.3, 0.4) is 0 Å². The van der Waals surface area contributed by atoms with Crippen molar-refractivity contribution in [2.75, 3.05) is 11.9 Å². The Balaban J connectivity index is 1.40. The van der Waals surface area contributed by atoms with E-state index < -0.39 is 6.10 Å². The maximum Gasteiger partial charge on any atom is 0.270 e. The van der Waals surface area contributed by atoms with Crippen LogP contribution in [0.15, 0.2) is 55.0 Å². The average molecular weight is 482 g/mol. The molecule has 0 saturated carbocycles. The van der Waals surface area contributed by atoms with Crippen molar-refractivity contribution in [2.45, 2.75) is 26.5 Å². The fourth-order valence-electron chi connectivity index (χ4n) is 4.36. The third kappa shape index (κ3) is 3.75. The molecule has 0 aliphatic carbocycles. The predicted molar refractivity (Wildman–Crippen MR) is 133 cm³/mol. The number of amides is 1. The lowest BCUT2D eigenvalue weighted by atomic mass is 10.0. The van der Waals surface area contributed by atoms with Gasteiger partial charge in [-0.2, -0.15) is 10.2 Å². The SMILES string of the molecule is Cc1ccc(Nc2ccc3c(c2)ncn3-c2ccc(C(C)O)c(-c3cnn4c3C(=O)NCC4)n2)nn1. The number of nitrogens with zero attached hydrogens (tertiary/aromatic N) is 7. The molecule has 11 nitrogen and oxygen atoms in total. The average Bonchev–Trinajstić information content (AvgIpc) is 3.50. The van der Waals surface area contributed by atoms with Crippen LogP contribution in [0.4, 0.5) is 11.5 Å². The van der Waals surface area contributed by atoms with Gasteiger partial charge in [-0.15, -0.1) is 5.10 Å². The summed E-state index contributed by atoms with van der Waals surface area (Å²) in [4.78, 5) is 22.0. The number of rotatable bonds is 5. The molecule has 11 heteroatoms. The van der Waals surface area contributed by atoms with E-state index in [1.54, 1.807) is 24.1 Å². The highest BCUT2D eigenvalue weighted by Gasteiger charge is 2.26. The largest absolute Gasteiger partial charge is 0.389 e. The van der Waals surface area contributed by atoms with Gasteiger partial charge < -0.3 is 15.7 Å². The van der Waals surface area contributed by atoms with Crippen LogP contribution in [-0.2, 0) is 6.54 Å². The van der Waals surface area contributed by atoms with Gasteiger partial charge >= 0.3 is 0 Å². The van der Waals surface area contributed by atoms with E-state index >= 15 is 0 Å². The fraction of sp³-hybridized carbons (Fsp3) is 0.200. The smallest absolute Gasteiger partial charge is 0.270 e. The number of pyridine rings is 1. The van der Waals surface area contributed by atoms with Gasteiger partial charge in [0.2, 0.25) is 0 Å². The van der Waals surface area contributed by atoms with Gasteiger partial charge in [0.25, 0.3) is 5.91 Å². The summed E-state index contributed by atoms with van der Waals surface area (Å²) in [7, 11) is 0. The molecule has 5 heterocycles. The van der Waals surface area contributed by atoms with Gasteiger partial charge in [0.05, 0.1) is 46.8 Å². The van der Waals surface area contributed by atoms with Crippen molar-refractivity contribution in [3.05, 3.63) is 71.9 Å². The Labute approximate surface area is 205 Å². The standard InChI is InChI=1S/C25H23N9O2/c1-14-3-7-21(32-31-14)29-16-4-6-20-19(11-16)27-13-33(20)22-8-5-17(15(2)35)23(30-22)18-12-28-34-10-9-26-25(36)24(18)34/h3-8,11-13,15,35H,9-10H2,1-2H3,(H,26,36)(H,29,32). The van der Waals surface area contributed by atoms with E-state index in [9.17, 15) is 9.90 Å². The van der Waals surface area contributed by atoms with E-state index in [-0.39, 0.29) is 5.91 Å². The number of fused-ring (bicyclic) bond motifs is 2. The zero-order valence-corrected chi connectivity index (χ0v) is 19.7. The summed E-state index contributed by atoms with van der Waals surface area (Å²) in [5.41, 5.74) is 5.46. The number of aliphatic hydroxyl groups excluding tert-OH is 1. The van der Waals surface area contributed by atoms with Crippen molar-refractivity contribution in [3.8, 4) is 17.1 Å². The van der Waals surface area contributed by atoms with Crippen molar-refractivity contribution in [3.63, 3.8) is 0 Å². The Bertz CT molecular complexity index is 1600. The van der Waals surface area contributed by atoms with Crippen molar-refractivity contribution in [1.82, 2.24) is 39.8 Å². The first-order valence-electron chi connectivity index (χ1n) is 11.6. The van der Waals surface area contributed by atoms with E-state index in [2.05, 4.69) is 30.9 Å². The molecule has 1 aliphatic rings. The van der Waals surface area contributed by atoms with Gasteiger partial charge in [-0.3, -0.25) is 14.0 Å². The van der Waals surface area contributed by atoms with Crippen LogP contribution < -0.4 is 10.6 Å². The Morgan fingerprint density at radius 3 is 2.83 bits per heavy atom. The molecule has 0 saturated heterocycles. The number of carbonyl (C=O) groups excluding carboxylic acids is 1. The third-order valence-corrected chi connectivity index (χ3v) is 6.15. The third-order valence-electron chi connectivity index (χ3n) is 6.15. The zero-order chi connectivity index (χ0) is 24.8. The number of anilines is 2. The van der Waals surface area contributed by atoms with Crippen LogP contribution >= 0.6 is 0 Å². The molecule has 0 spiro atoms. The van der Waals surface area contributed by atoms with Gasteiger partial charge in [-0.05, 0) is 50.2 Å². The highest BCUT2D eigenvalue weighted by atomic mass is 16.3. The molecular formula is C25H23N9O2. The van der Waals surface area contributed by atoms with Crippen LogP contribution in [-0.4, -0.2) is 52.1 Å². The van der Waals surface area contributed by atoms with E-state index in [0.717, 1.165) is 22.4 Å². The minimum atomic E-state index is -0.776. The second-order valence-electron chi connectivity index (χ2n) is 8.67. The van der Waals surface area contributed by atoms with Crippen LogP contribution in [0, 0.1) is 6.92 Å².